The first-order chi connectivity index (χ1) is 13.2. The Hall–Kier alpha value is -2.34. The molecule has 5 nitrogen and oxygen atoms in total. The second-order valence-corrected chi connectivity index (χ2v) is 7.85. The number of likely N-dealkylation sites (N-methyl/N-ethyl adjacent to an activating group) is 1. The molecule has 0 aliphatic carbocycles. The molecule has 28 heavy (non-hydrogen) atoms. The molecule has 0 radical (unpaired) electrons. The van der Waals surface area contributed by atoms with Gasteiger partial charge in [-0.1, -0.05) is 34.1 Å². The standard InChI is InChI=1S/C22H27BrN2O3/c1-14-10-15(2)16(3)20(11-14)28-13-21(26)25(17(4)22(27)24-5)12-18-6-8-19(23)9-7-18/h6-11,17H,12-13H2,1-5H3,(H,24,27). The topological polar surface area (TPSA) is 58.6 Å². The van der Waals surface area contributed by atoms with Crippen molar-refractivity contribution in [2.75, 3.05) is 13.7 Å². The summed E-state index contributed by atoms with van der Waals surface area (Å²) < 4.78 is 6.79. The lowest BCUT2D eigenvalue weighted by Gasteiger charge is -2.28. The highest BCUT2D eigenvalue weighted by molar-refractivity contribution is 9.10. The smallest absolute Gasteiger partial charge is 0.261 e. The molecule has 150 valence electrons. The molecule has 1 atom stereocenters. The average Bonchev–Trinajstić information content (AvgIpc) is 2.67. The molecule has 0 bridgehead atoms. The van der Waals surface area contributed by atoms with Crippen LogP contribution in [0, 0.1) is 20.8 Å². The van der Waals surface area contributed by atoms with Crippen LogP contribution in [0.15, 0.2) is 40.9 Å². The first-order valence-electron chi connectivity index (χ1n) is 9.19. The summed E-state index contributed by atoms with van der Waals surface area (Å²) in [7, 11) is 1.57. The predicted octanol–water partition coefficient (Wildman–Crippen LogP) is 3.92. The molecule has 1 N–H and O–H groups in total. The predicted molar refractivity (Wildman–Crippen MR) is 114 cm³/mol. The van der Waals surface area contributed by atoms with Gasteiger partial charge in [0.25, 0.3) is 5.91 Å². The summed E-state index contributed by atoms with van der Waals surface area (Å²) in [6, 6.07) is 11.1. The Morgan fingerprint density at radius 2 is 1.79 bits per heavy atom. The van der Waals surface area contributed by atoms with Gasteiger partial charge in [-0.3, -0.25) is 9.59 Å². The summed E-state index contributed by atoms with van der Waals surface area (Å²) in [6.45, 7) is 7.91. The van der Waals surface area contributed by atoms with Crippen LogP contribution in [0.2, 0.25) is 0 Å². The summed E-state index contributed by atoms with van der Waals surface area (Å²) in [4.78, 5) is 26.7. The molecule has 1 unspecified atom stereocenters. The van der Waals surface area contributed by atoms with Gasteiger partial charge in [0.1, 0.15) is 11.8 Å². The van der Waals surface area contributed by atoms with Crippen molar-refractivity contribution in [3.8, 4) is 5.75 Å². The van der Waals surface area contributed by atoms with Crippen LogP contribution in [-0.2, 0) is 16.1 Å². The summed E-state index contributed by atoms with van der Waals surface area (Å²) >= 11 is 3.41. The molecular formula is C22H27BrN2O3. The van der Waals surface area contributed by atoms with Gasteiger partial charge >= 0.3 is 0 Å². The first-order valence-corrected chi connectivity index (χ1v) is 9.98. The number of carbonyl (C=O) groups excluding carboxylic acids is 2. The lowest BCUT2D eigenvalue weighted by molar-refractivity contribution is -0.142. The maximum absolute atomic E-state index is 12.9. The molecule has 2 amide bonds. The van der Waals surface area contributed by atoms with Gasteiger partial charge in [-0.15, -0.1) is 0 Å². The van der Waals surface area contributed by atoms with Gasteiger partial charge in [0.15, 0.2) is 6.61 Å². The maximum Gasteiger partial charge on any atom is 0.261 e. The van der Waals surface area contributed by atoms with Crippen LogP contribution < -0.4 is 10.1 Å². The Labute approximate surface area is 175 Å². The van der Waals surface area contributed by atoms with Crippen molar-refractivity contribution in [3.63, 3.8) is 0 Å². The number of amides is 2. The minimum absolute atomic E-state index is 0.123. The highest BCUT2D eigenvalue weighted by Crippen LogP contribution is 2.23. The summed E-state index contributed by atoms with van der Waals surface area (Å²) in [6.07, 6.45) is 0. The molecule has 0 aliphatic rings. The van der Waals surface area contributed by atoms with Gasteiger partial charge in [0.2, 0.25) is 5.91 Å². The van der Waals surface area contributed by atoms with Gasteiger partial charge < -0.3 is 15.0 Å². The molecule has 2 rings (SSSR count). The Balaban J connectivity index is 2.18. The monoisotopic (exact) mass is 446 g/mol. The van der Waals surface area contributed by atoms with Crippen LogP contribution in [0.4, 0.5) is 0 Å². The first kappa shape index (κ1) is 22.0. The van der Waals surface area contributed by atoms with E-state index < -0.39 is 6.04 Å². The Kier molecular flexibility index (Phi) is 7.63. The van der Waals surface area contributed by atoms with E-state index in [1.165, 1.54) is 0 Å². The highest BCUT2D eigenvalue weighted by atomic mass is 79.9. The van der Waals surface area contributed by atoms with E-state index in [1.807, 2.05) is 51.1 Å². The van der Waals surface area contributed by atoms with E-state index in [0.29, 0.717) is 12.3 Å². The second-order valence-electron chi connectivity index (χ2n) is 6.93. The number of ether oxygens (including phenoxy) is 1. The minimum atomic E-state index is -0.606. The lowest BCUT2D eigenvalue weighted by Crippen LogP contribution is -2.48. The molecule has 0 aromatic heterocycles. The molecule has 2 aromatic rings. The number of hydrogen-bond donors (Lipinski definition) is 1. The van der Waals surface area contributed by atoms with Gasteiger partial charge in [-0.05, 0) is 68.1 Å². The number of nitrogens with zero attached hydrogens (tertiary/aromatic N) is 1. The molecule has 2 aromatic carbocycles. The molecule has 0 spiro atoms. The molecular weight excluding hydrogens is 420 g/mol. The number of hydrogen-bond acceptors (Lipinski definition) is 3. The van der Waals surface area contributed by atoms with Crippen molar-refractivity contribution >= 4 is 27.7 Å². The molecule has 0 saturated heterocycles. The fourth-order valence-corrected chi connectivity index (χ4v) is 3.22. The van der Waals surface area contributed by atoms with Crippen LogP contribution in [0.5, 0.6) is 5.75 Å². The third-order valence-electron chi connectivity index (χ3n) is 4.80. The van der Waals surface area contributed by atoms with Crippen molar-refractivity contribution in [2.45, 2.75) is 40.3 Å². The summed E-state index contributed by atoms with van der Waals surface area (Å²) in [5.41, 5.74) is 4.15. The van der Waals surface area contributed by atoms with Gasteiger partial charge in [-0.2, -0.15) is 0 Å². The van der Waals surface area contributed by atoms with E-state index in [0.717, 1.165) is 26.7 Å². The number of benzene rings is 2. The zero-order valence-corrected chi connectivity index (χ0v) is 18.6. The number of rotatable bonds is 7. The fourth-order valence-electron chi connectivity index (χ4n) is 2.95. The quantitative estimate of drug-likeness (QED) is 0.700. The number of nitrogens with one attached hydrogen (secondary N) is 1. The maximum atomic E-state index is 12.9. The summed E-state index contributed by atoms with van der Waals surface area (Å²) in [5, 5.41) is 2.61. The Morgan fingerprint density at radius 3 is 2.39 bits per heavy atom. The lowest BCUT2D eigenvalue weighted by atomic mass is 10.1. The fraction of sp³-hybridized carbons (Fsp3) is 0.364. The van der Waals surface area contributed by atoms with E-state index in [9.17, 15) is 9.59 Å². The van der Waals surface area contributed by atoms with Crippen molar-refractivity contribution in [1.82, 2.24) is 10.2 Å². The van der Waals surface area contributed by atoms with Crippen LogP contribution in [0.1, 0.15) is 29.2 Å². The zero-order chi connectivity index (χ0) is 20.8. The number of aryl methyl sites for hydroxylation is 2. The van der Waals surface area contributed by atoms with E-state index in [1.54, 1.807) is 18.9 Å². The molecule has 0 heterocycles. The van der Waals surface area contributed by atoms with Crippen molar-refractivity contribution in [3.05, 3.63) is 63.1 Å². The molecule has 0 fully saturated rings. The average molecular weight is 447 g/mol. The van der Waals surface area contributed by atoms with E-state index in [2.05, 4.69) is 27.3 Å². The second kappa shape index (κ2) is 9.73. The van der Waals surface area contributed by atoms with Crippen LogP contribution in [-0.4, -0.2) is 36.4 Å². The van der Waals surface area contributed by atoms with Crippen LogP contribution in [0.3, 0.4) is 0 Å². The third-order valence-corrected chi connectivity index (χ3v) is 5.32. The highest BCUT2D eigenvalue weighted by Gasteiger charge is 2.26. The molecule has 0 saturated carbocycles. The van der Waals surface area contributed by atoms with Crippen molar-refractivity contribution in [1.29, 1.82) is 0 Å². The third kappa shape index (κ3) is 5.58. The van der Waals surface area contributed by atoms with E-state index in [-0.39, 0.29) is 18.4 Å². The van der Waals surface area contributed by atoms with Gasteiger partial charge in [0, 0.05) is 18.1 Å². The normalized spacial score (nSPS) is 11.6. The van der Waals surface area contributed by atoms with Crippen molar-refractivity contribution in [2.24, 2.45) is 0 Å². The summed E-state index contributed by atoms with van der Waals surface area (Å²) in [5.74, 6) is 0.243. The largest absolute Gasteiger partial charge is 0.483 e. The Morgan fingerprint density at radius 1 is 1.14 bits per heavy atom. The zero-order valence-electron chi connectivity index (χ0n) is 17.0. The molecule has 0 aliphatic heterocycles. The Bertz CT molecular complexity index is 850. The number of halogens is 1. The number of carbonyl (C=O) groups is 2. The van der Waals surface area contributed by atoms with Crippen molar-refractivity contribution < 1.29 is 14.3 Å². The van der Waals surface area contributed by atoms with Crippen LogP contribution >= 0.6 is 15.9 Å². The van der Waals surface area contributed by atoms with Crippen LogP contribution in [0.25, 0.3) is 0 Å². The minimum Gasteiger partial charge on any atom is -0.483 e. The van der Waals surface area contributed by atoms with Gasteiger partial charge in [-0.25, -0.2) is 0 Å². The SMILES string of the molecule is CNC(=O)C(C)N(Cc1ccc(Br)cc1)C(=O)COc1cc(C)cc(C)c1C. The molecule has 6 heteroatoms. The van der Waals surface area contributed by atoms with E-state index >= 15 is 0 Å². The van der Waals surface area contributed by atoms with Gasteiger partial charge in [0.05, 0.1) is 0 Å². The van der Waals surface area contributed by atoms with E-state index in [4.69, 9.17) is 4.74 Å².